The van der Waals surface area contributed by atoms with E-state index in [4.69, 9.17) is 5.53 Å². The van der Waals surface area contributed by atoms with Gasteiger partial charge in [-0.25, -0.2) is 0 Å². The van der Waals surface area contributed by atoms with Crippen LogP contribution in [0.2, 0.25) is 0 Å². The first-order chi connectivity index (χ1) is 5.34. The summed E-state index contributed by atoms with van der Waals surface area (Å²) in [5, 5.41) is 3.06. The first kappa shape index (κ1) is 7.82. The molecular formula is C7H9N3O. The summed E-state index contributed by atoms with van der Waals surface area (Å²) in [7, 11) is 0. The Balaban J connectivity index is 2.53. The zero-order chi connectivity index (χ0) is 8.10. The third-order valence-corrected chi connectivity index (χ3v) is 1.76. The monoisotopic (exact) mass is 151 g/mol. The van der Waals surface area contributed by atoms with Gasteiger partial charge in [0.2, 0.25) is 5.91 Å². The van der Waals surface area contributed by atoms with Crippen molar-refractivity contribution in [1.29, 1.82) is 0 Å². The molecule has 1 aliphatic carbocycles. The van der Waals surface area contributed by atoms with Gasteiger partial charge in [-0.1, -0.05) is 12.2 Å². The molecule has 0 fully saturated rings. The fourth-order valence-corrected chi connectivity index (χ4v) is 1.14. The Labute approximate surface area is 64.5 Å². The van der Waals surface area contributed by atoms with Crippen molar-refractivity contribution >= 4 is 5.91 Å². The zero-order valence-corrected chi connectivity index (χ0v) is 6.10. The van der Waals surface area contributed by atoms with Crippen molar-refractivity contribution in [2.24, 2.45) is 11.0 Å². The summed E-state index contributed by atoms with van der Waals surface area (Å²) in [6.45, 7) is 0. The minimum Gasteiger partial charge on any atom is -0.292 e. The standard InChI is InChI=1S/C7H9N3O/c8-10-9-7(11)6-4-2-1-3-5-6/h1-2,6H,3-5H2/t6-/m0/s1. The van der Waals surface area contributed by atoms with Crippen molar-refractivity contribution in [2.75, 3.05) is 0 Å². The Kier molecular flexibility index (Phi) is 2.69. The lowest BCUT2D eigenvalue weighted by atomic mass is 9.94. The highest BCUT2D eigenvalue weighted by Crippen LogP contribution is 2.19. The van der Waals surface area contributed by atoms with Gasteiger partial charge in [-0.2, -0.15) is 0 Å². The Morgan fingerprint density at radius 2 is 2.45 bits per heavy atom. The molecule has 0 aromatic carbocycles. The van der Waals surface area contributed by atoms with Crippen molar-refractivity contribution in [3.05, 3.63) is 22.6 Å². The fraction of sp³-hybridized carbons (Fsp3) is 0.571. The number of hydrogen-bond acceptors (Lipinski definition) is 1. The normalized spacial score (nSPS) is 22.4. The zero-order valence-electron chi connectivity index (χ0n) is 6.10. The number of rotatable bonds is 1. The lowest BCUT2D eigenvalue weighted by Crippen LogP contribution is -2.12. The largest absolute Gasteiger partial charge is 0.292 e. The van der Waals surface area contributed by atoms with Crippen LogP contribution in [0.4, 0.5) is 0 Å². The molecule has 0 bridgehead atoms. The van der Waals surface area contributed by atoms with Gasteiger partial charge in [-0.15, -0.1) is 0 Å². The Bertz CT molecular complexity index is 228. The van der Waals surface area contributed by atoms with Gasteiger partial charge in [0.05, 0.1) is 0 Å². The van der Waals surface area contributed by atoms with E-state index < -0.39 is 0 Å². The topological polar surface area (TPSA) is 65.8 Å². The molecule has 0 aromatic rings. The molecule has 58 valence electrons. The lowest BCUT2D eigenvalue weighted by Gasteiger charge is -2.12. The smallest absolute Gasteiger partial charge is 0.222 e. The molecule has 0 saturated carbocycles. The minimum atomic E-state index is -0.322. The van der Waals surface area contributed by atoms with E-state index in [0.717, 1.165) is 19.3 Å². The second-order valence-corrected chi connectivity index (χ2v) is 2.51. The summed E-state index contributed by atoms with van der Waals surface area (Å²) in [6, 6.07) is 0. The molecule has 4 heteroatoms. The molecule has 1 atom stereocenters. The maximum Gasteiger partial charge on any atom is 0.222 e. The highest BCUT2D eigenvalue weighted by molar-refractivity contribution is 5.79. The predicted molar refractivity (Wildman–Crippen MR) is 40.6 cm³/mol. The molecule has 0 unspecified atom stereocenters. The van der Waals surface area contributed by atoms with Gasteiger partial charge in [0, 0.05) is 10.8 Å². The third-order valence-electron chi connectivity index (χ3n) is 1.76. The highest BCUT2D eigenvalue weighted by atomic mass is 16.1. The molecule has 4 nitrogen and oxygen atoms in total. The van der Waals surface area contributed by atoms with Crippen LogP contribution in [0.15, 0.2) is 17.3 Å². The number of carbonyl (C=O) groups excluding carboxylic acids is 1. The summed E-state index contributed by atoms with van der Waals surface area (Å²) in [4.78, 5) is 13.4. The Morgan fingerprint density at radius 3 is 3.00 bits per heavy atom. The summed E-state index contributed by atoms with van der Waals surface area (Å²) < 4.78 is 0. The molecule has 0 aromatic heterocycles. The molecule has 1 aliphatic rings. The Morgan fingerprint density at radius 1 is 1.64 bits per heavy atom. The van der Waals surface area contributed by atoms with Crippen LogP contribution in [0, 0.1) is 5.92 Å². The van der Waals surface area contributed by atoms with Crippen LogP contribution >= 0.6 is 0 Å². The first-order valence-corrected chi connectivity index (χ1v) is 3.58. The van der Waals surface area contributed by atoms with E-state index >= 15 is 0 Å². The van der Waals surface area contributed by atoms with Crippen LogP contribution < -0.4 is 0 Å². The summed E-state index contributed by atoms with van der Waals surface area (Å²) in [6.07, 6.45) is 6.45. The predicted octanol–water partition coefficient (Wildman–Crippen LogP) is 2.18. The molecular weight excluding hydrogens is 142 g/mol. The van der Waals surface area contributed by atoms with E-state index in [-0.39, 0.29) is 11.8 Å². The average Bonchev–Trinajstić information content (AvgIpc) is 2.07. The van der Waals surface area contributed by atoms with Gasteiger partial charge in [-0.3, -0.25) is 4.79 Å². The average molecular weight is 151 g/mol. The SMILES string of the molecule is [N-]=[N+]=NC(=O)[C@H]1CC=CCC1. The molecule has 0 saturated heterocycles. The van der Waals surface area contributed by atoms with Gasteiger partial charge in [0.15, 0.2) is 0 Å². The van der Waals surface area contributed by atoms with E-state index in [1.54, 1.807) is 0 Å². The summed E-state index contributed by atoms with van der Waals surface area (Å²) in [5.41, 5.74) is 7.99. The quantitative estimate of drug-likeness (QED) is 0.245. The first-order valence-electron chi connectivity index (χ1n) is 3.58. The molecule has 1 amide bonds. The van der Waals surface area contributed by atoms with Crippen molar-refractivity contribution < 1.29 is 4.79 Å². The van der Waals surface area contributed by atoms with Crippen LogP contribution in [-0.4, -0.2) is 5.91 Å². The van der Waals surface area contributed by atoms with Crippen molar-refractivity contribution in [1.82, 2.24) is 0 Å². The second-order valence-electron chi connectivity index (χ2n) is 2.51. The van der Waals surface area contributed by atoms with Gasteiger partial charge in [0.1, 0.15) is 0 Å². The van der Waals surface area contributed by atoms with Crippen molar-refractivity contribution in [2.45, 2.75) is 19.3 Å². The number of carbonyl (C=O) groups is 1. The van der Waals surface area contributed by atoms with Crippen LogP contribution in [0.25, 0.3) is 10.4 Å². The molecule has 0 radical (unpaired) electrons. The molecule has 0 aliphatic heterocycles. The molecule has 0 heterocycles. The van der Waals surface area contributed by atoms with Crippen molar-refractivity contribution in [3.8, 4) is 0 Å². The lowest BCUT2D eigenvalue weighted by molar-refractivity contribution is -0.121. The highest BCUT2D eigenvalue weighted by Gasteiger charge is 2.16. The minimum absolute atomic E-state index is 0.0732. The molecule has 0 N–H and O–H groups in total. The number of amides is 1. The molecule has 1 rings (SSSR count). The van der Waals surface area contributed by atoms with Crippen LogP contribution in [0.1, 0.15) is 19.3 Å². The van der Waals surface area contributed by atoms with E-state index in [2.05, 4.69) is 10.0 Å². The molecule has 0 spiro atoms. The summed E-state index contributed by atoms with van der Waals surface area (Å²) in [5.74, 6) is -0.396. The van der Waals surface area contributed by atoms with E-state index in [1.165, 1.54) is 0 Å². The summed E-state index contributed by atoms with van der Waals surface area (Å²) >= 11 is 0. The third kappa shape index (κ3) is 2.09. The maximum atomic E-state index is 10.9. The van der Waals surface area contributed by atoms with Crippen LogP contribution in [-0.2, 0) is 4.79 Å². The number of hydrogen-bond donors (Lipinski definition) is 0. The number of allylic oxidation sites excluding steroid dienone is 2. The number of azide groups is 1. The second kappa shape index (κ2) is 3.78. The fourth-order valence-electron chi connectivity index (χ4n) is 1.14. The van der Waals surface area contributed by atoms with Gasteiger partial charge >= 0.3 is 0 Å². The van der Waals surface area contributed by atoms with E-state index in [1.807, 2.05) is 12.2 Å². The van der Waals surface area contributed by atoms with Gasteiger partial charge < -0.3 is 0 Å². The van der Waals surface area contributed by atoms with Crippen molar-refractivity contribution in [3.63, 3.8) is 0 Å². The van der Waals surface area contributed by atoms with E-state index in [9.17, 15) is 4.79 Å². The van der Waals surface area contributed by atoms with E-state index in [0.29, 0.717) is 0 Å². The van der Waals surface area contributed by atoms with Gasteiger partial charge in [-0.05, 0) is 29.9 Å². The maximum absolute atomic E-state index is 10.9. The van der Waals surface area contributed by atoms with Gasteiger partial charge in [0.25, 0.3) is 0 Å². The van der Waals surface area contributed by atoms with Crippen LogP contribution in [0.5, 0.6) is 0 Å². The van der Waals surface area contributed by atoms with Crippen LogP contribution in [0.3, 0.4) is 0 Å². The number of nitrogens with zero attached hydrogens (tertiary/aromatic N) is 3. The Hall–Kier alpha value is -1.28. The molecule has 11 heavy (non-hydrogen) atoms.